The maximum atomic E-state index is 12.2. The Morgan fingerprint density at radius 1 is 1.36 bits per heavy atom. The first-order valence-corrected chi connectivity index (χ1v) is 10.6. The molecule has 6 nitrogen and oxygen atoms in total. The third-order valence-corrected chi connectivity index (χ3v) is 5.75. The van der Waals surface area contributed by atoms with Gasteiger partial charge in [-0.05, 0) is 31.7 Å². The van der Waals surface area contributed by atoms with Gasteiger partial charge in [-0.15, -0.1) is 0 Å². The second-order valence-electron chi connectivity index (χ2n) is 6.53. The number of hydrogen-bond acceptors (Lipinski definition) is 4. The Morgan fingerprint density at radius 2 is 2.08 bits per heavy atom. The number of rotatable bonds is 8. The zero-order valence-electron chi connectivity index (χ0n) is 15.0. The lowest BCUT2D eigenvalue weighted by atomic mass is 9.99. The summed E-state index contributed by atoms with van der Waals surface area (Å²) in [4.78, 5) is 12.2. The highest BCUT2D eigenvalue weighted by Crippen LogP contribution is 2.19. The average molecular weight is 368 g/mol. The van der Waals surface area contributed by atoms with E-state index < -0.39 is 10.0 Å². The average Bonchev–Trinajstić information content (AvgIpc) is 2.61. The molecule has 0 bridgehead atoms. The molecule has 1 aliphatic heterocycles. The second-order valence-corrected chi connectivity index (χ2v) is 8.51. The van der Waals surface area contributed by atoms with Crippen molar-refractivity contribution >= 4 is 15.9 Å². The van der Waals surface area contributed by atoms with Crippen LogP contribution in [0, 0.1) is 5.92 Å². The molecule has 1 fully saturated rings. The molecule has 1 saturated heterocycles. The van der Waals surface area contributed by atoms with Crippen LogP contribution in [0.25, 0.3) is 0 Å². The molecule has 0 saturated carbocycles. The molecule has 1 N–H and O–H groups in total. The zero-order chi connectivity index (χ0) is 18.3. The van der Waals surface area contributed by atoms with Crippen molar-refractivity contribution in [2.45, 2.75) is 32.3 Å². The van der Waals surface area contributed by atoms with Gasteiger partial charge < -0.3 is 10.1 Å². The van der Waals surface area contributed by atoms with Gasteiger partial charge in [0.1, 0.15) is 0 Å². The fourth-order valence-electron chi connectivity index (χ4n) is 2.97. The van der Waals surface area contributed by atoms with Crippen LogP contribution in [0.3, 0.4) is 0 Å². The molecule has 1 amide bonds. The van der Waals surface area contributed by atoms with E-state index in [4.69, 9.17) is 4.74 Å². The molecule has 1 aromatic carbocycles. The first-order chi connectivity index (χ1) is 11.9. The molecule has 0 aliphatic carbocycles. The fraction of sp³-hybridized carbons (Fsp3) is 0.611. The van der Waals surface area contributed by atoms with Crippen LogP contribution in [0.2, 0.25) is 0 Å². The van der Waals surface area contributed by atoms with Crippen molar-refractivity contribution < 1.29 is 17.9 Å². The van der Waals surface area contributed by atoms with Crippen LogP contribution in [0.15, 0.2) is 30.3 Å². The van der Waals surface area contributed by atoms with Crippen molar-refractivity contribution in [1.82, 2.24) is 9.62 Å². The van der Waals surface area contributed by atoms with Crippen LogP contribution >= 0.6 is 0 Å². The normalized spacial score (nSPS) is 20.2. The molecule has 2 atom stereocenters. The lowest BCUT2D eigenvalue weighted by Gasteiger charge is -2.30. The lowest BCUT2D eigenvalue weighted by molar-refractivity contribution is -0.126. The van der Waals surface area contributed by atoms with Gasteiger partial charge in [-0.1, -0.05) is 30.3 Å². The van der Waals surface area contributed by atoms with Crippen molar-refractivity contribution in [3.05, 3.63) is 35.9 Å². The molecule has 140 valence electrons. The predicted molar refractivity (Wildman–Crippen MR) is 97.6 cm³/mol. The summed E-state index contributed by atoms with van der Waals surface area (Å²) in [6.45, 7) is 3.90. The number of hydrogen-bond donors (Lipinski definition) is 1. The predicted octanol–water partition coefficient (Wildman–Crippen LogP) is 1.94. The number of carbonyl (C=O) groups excluding carboxylic acids is 1. The maximum Gasteiger partial charge on any atom is 0.224 e. The van der Waals surface area contributed by atoms with Gasteiger partial charge in [0.25, 0.3) is 0 Å². The van der Waals surface area contributed by atoms with Gasteiger partial charge in [-0.3, -0.25) is 4.79 Å². The van der Waals surface area contributed by atoms with E-state index in [1.165, 1.54) is 10.6 Å². The Morgan fingerprint density at radius 3 is 2.76 bits per heavy atom. The Kier molecular flexibility index (Phi) is 7.40. The summed E-state index contributed by atoms with van der Waals surface area (Å²) in [5, 5.41) is 2.90. The molecule has 1 aromatic rings. The van der Waals surface area contributed by atoms with Gasteiger partial charge in [-0.2, -0.15) is 0 Å². The number of amides is 1. The highest BCUT2D eigenvalue weighted by atomic mass is 32.2. The maximum absolute atomic E-state index is 12.2. The summed E-state index contributed by atoms with van der Waals surface area (Å²) >= 11 is 0. The lowest BCUT2D eigenvalue weighted by Crippen LogP contribution is -2.45. The highest BCUT2D eigenvalue weighted by Gasteiger charge is 2.29. The van der Waals surface area contributed by atoms with Crippen LogP contribution in [-0.2, 0) is 19.6 Å². The van der Waals surface area contributed by atoms with Crippen molar-refractivity contribution in [3.8, 4) is 0 Å². The van der Waals surface area contributed by atoms with E-state index in [1.807, 2.05) is 37.3 Å². The van der Waals surface area contributed by atoms with Gasteiger partial charge in [0.2, 0.25) is 15.9 Å². The van der Waals surface area contributed by atoms with Crippen LogP contribution in [-0.4, -0.2) is 51.1 Å². The number of carbonyl (C=O) groups is 1. The van der Waals surface area contributed by atoms with E-state index in [-0.39, 0.29) is 24.5 Å². The molecule has 0 aromatic heterocycles. The minimum absolute atomic E-state index is 0.0264. The van der Waals surface area contributed by atoms with E-state index in [0.717, 1.165) is 24.8 Å². The number of ether oxygens (including phenoxy) is 1. The second kappa shape index (κ2) is 9.31. The Bertz CT molecular complexity index is 648. The van der Waals surface area contributed by atoms with E-state index in [9.17, 15) is 13.2 Å². The molecular formula is C18H28N2O4S. The summed E-state index contributed by atoms with van der Waals surface area (Å²) in [5.74, 6) is -0.322. The smallest absolute Gasteiger partial charge is 0.224 e. The first-order valence-electron chi connectivity index (χ1n) is 8.77. The minimum atomic E-state index is -3.22. The van der Waals surface area contributed by atoms with Crippen LogP contribution in [0.1, 0.15) is 37.9 Å². The van der Waals surface area contributed by atoms with Crippen LogP contribution < -0.4 is 5.32 Å². The molecular weight excluding hydrogens is 340 g/mol. The van der Waals surface area contributed by atoms with Crippen molar-refractivity contribution in [1.29, 1.82) is 0 Å². The topological polar surface area (TPSA) is 75.7 Å². The molecule has 0 radical (unpaired) electrons. The van der Waals surface area contributed by atoms with E-state index >= 15 is 0 Å². The van der Waals surface area contributed by atoms with E-state index in [1.54, 1.807) is 0 Å². The monoisotopic (exact) mass is 368 g/mol. The summed E-state index contributed by atoms with van der Waals surface area (Å²) in [6.07, 6.45) is 3.41. The standard InChI is InChI=1S/C18H28N2O4S/c1-15(16-8-4-3-5-9-16)24-13-7-11-19-18(21)17-10-6-12-20(14-17)25(2,22)23/h3-5,8-9,15,17H,6-7,10-14H2,1-2H3,(H,19,21)/t15-,17+/m1/s1. The van der Waals surface area contributed by atoms with Crippen molar-refractivity contribution in [3.63, 3.8) is 0 Å². The van der Waals surface area contributed by atoms with Crippen molar-refractivity contribution in [2.24, 2.45) is 5.92 Å². The number of sulfonamides is 1. The number of piperidine rings is 1. The number of benzene rings is 1. The van der Waals surface area contributed by atoms with Crippen LogP contribution in [0.5, 0.6) is 0 Å². The molecule has 7 heteroatoms. The van der Waals surface area contributed by atoms with Gasteiger partial charge in [-0.25, -0.2) is 12.7 Å². The molecule has 2 rings (SSSR count). The molecule has 1 heterocycles. The SMILES string of the molecule is C[C@@H](OCCCNC(=O)[C@H]1CCCN(S(C)(=O)=O)C1)c1ccccc1. The summed E-state index contributed by atoms with van der Waals surface area (Å²) in [5.41, 5.74) is 1.13. The highest BCUT2D eigenvalue weighted by molar-refractivity contribution is 7.88. The fourth-order valence-corrected chi connectivity index (χ4v) is 3.88. The van der Waals surface area contributed by atoms with E-state index in [0.29, 0.717) is 19.7 Å². The largest absolute Gasteiger partial charge is 0.374 e. The Balaban J connectivity index is 1.65. The van der Waals surface area contributed by atoms with Gasteiger partial charge in [0, 0.05) is 26.2 Å². The van der Waals surface area contributed by atoms with Crippen molar-refractivity contribution in [2.75, 3.05) is 32.5 Å². The summed E-state index contributed by atoms with van der Waals surface area (Å²) < 4.78 is 30.4. The Labute approximate surface area is 150 Å². The van der Waals surface area contributed by atoms with Gasteiger partial charge in [0.15, 0.2) is 0 Å². The molecule has 0 spiro atoms. The molecule has 0 unspecified atom stereocenters. The summed E-state index contributed by atoms with van der Waals surface area (Å²) in [6, 6.07) is 10.0. The first kappa shape index (κ1) is 19.9. The zero-order valence-corrected chi connectivity index (χ0v) is 15.8. The van der Waals surface area contributed by atoms with Crippen LogP contribution in [0.4, 0.5) is 0 Å². The quantitative estimate of drug-likeness (QED) is 0.712. The third kappa shape index (κ3) is 6.41. The molecule has 25 heavy (non-hydrogen) atoms. The van der Waals surface area contributed by atoms with E-state index in [2.05, 4.69) is 5.32 Å². The summed E-state index contributed by atoms with van der Waals surface area (Å²) in [7, 11) is -3.22. The van der Waals surface area contributed by atoms with Gasteiger partial charge >= 0.3 is 0 Å². The third-order valence-electron chi connectivity index (χ3n) is 4.48. The van der Waals surface area contributed by atoms with Gasteiger partial charge in [0.05, 0.1) is 18.3 Å². The number of nitrogens with one attached hydrogen (secondary N) is 1. The Hall–Kier alpha value is -1.44. The minimum Gasteiger partial charge on any atom is -0.374 e. The number of nitrogens with zero attached hydrogens (tertiary/aromatic N) is 1. The molecule has 1 aliphatic rings.